The zero-order chi connectivity index (χ0) is 10.8. The largest absolute Gasteiger partial charge is 0.295 e. The van der Waals surface area contributed by atoms with Crippen molar-refractivity contribution < 1.29 is 9.59 Å². The molecule has 1 saturated heterocycles. The van der Waals surface area contributed by atoms with Crippen LogP contribution in [0.25, 0.3) is 0 Å². The number of carbonyl (C=O) groups excluding carboxylic acids is 2. The first-order valence-electron chi connectivity index (χ1n) is 4.54. The molecule has 0 aromatic carbocycles. The fraction of sp³-hybridized carbons (Fsp3) is 0.333. The summed E-state index contributed by atoms with van der Waals surface area (Å²) in [6, 6.07) is 0.660. The molecule has 2 rings (SSSR count). The van der Waals surface area contributed by atoms with Gasteiger partial charge in [0, 0.05) is 18.7 Å². The van der Waals surface area contributed by atoms with E-state index in [4.69, 9.17) is 0 Å². The highest BCUT2D eigenvalue weighted by Crippen LogP contribution is 2.15. The third-order valence-corrected chi connectivity index (χ3v) is 2.29. The average molecular weight is 207 g/mol. The fourth-order valence-corrected chi connectivity index (χ4v) is 1.54. The van der Waals surface area contributed by atoms with Crippen molar-refractivity contribution in [2.24, 2.45) is 0 Å². The van der Waals surface area contributed by atoms with Gasteiger partial charge < -0.3 is 0 Å². The van der Waals surface area contributed by atoms with E-state index in [2.05, 4.69) is 10.3 Å². The third-order valence-electron chi connectivity index (χ3n) is 2.29. The third kappa shape index (κ3) is 1.78. The summed E-state index contributed by atoms with van der Waals surface area (Å²) in [4.78, 5) is 37.5. The Bertz CT molecular complexity index is 466. The number of hydrogen-bond acceptors (Lipinski definition) is 4. The van der Waals surface area contributed by atoms with Gasteiger partial charge in [-0.3, -0.25) is 24.3 Å². The van der Waals surface area contributed by atoms with Gasteiger partial charge in [0.2, 0.25) is 11.8 Å². The van der Waals surface area contributed by atoms with E-state index in [-0.39, 0.29) is 17.9 Å². The highest BCUT2D eigenvalue weighted by molar-refractivity contribution is 5.99. The Morgan fingerprint density at radius 2 is 2.20 bits per heavy atom. The first-order chi connectivity index (χ1) is 7.18. The van der Waals surface area contributed by atoms with Gasteiger partial charge in [-0.2, -0.15) is 0 Å². The standard InChI is InChI=1S/C9H9N3O3/c13-7-2-1-6(9(15)11-7)12-5-10-4-3-8(12)14/h3-6H,1-2H2,(H,11,13,15). The number of nitrogens with zero attached hydrogens (tertiary/aromatic N) is 2. The molecule has 1 unspecified atom stereocenters. The van der Waals surface area contributed by atoms with E-state index in [1.165, 1.54) is 23.2 Å². The van der Waals surface area contributed by atoms with Gasteiger partial charge in [-0.1, -0.05) is 0 Å². The van der Waals surface area contributed by atoms with Crippen molar-refractivity contribution in [3.05, 3.63) is 28.9 Å². The lowest BCUT2D eigenvalue weighted by molar-refractivity contribution is -0.135. The molecule has 0 bridgehead atoms. The molecule has 1 aliphatic heterocycles. The van der Waals surface area contributed by atoms with Crippen LogP contribution in [-0.4, -0.2) is 21.4 Å². The zero-order valence-electron chi connectivity index (χ0n) is 7.84. The molecule has 0 saturated carbocycles. The Kier molecular flexibility index (Phi) is 2.32. The molecule has 6 heteroatoms. The summed E-state index contributed by atoms with van der Waals surface area (Å²) in [5, 5.41) is 2.19. The highest BCUT2D eigenvalue weighted by Gasteiger charge is 2.28. The predicted octanol–water partition coefficient (Wildman–Crippen LogP) is -0.779. The predicted molar refractivity (Wildman–Crippen MR) is 49.9 cm³/mol. The van der Waals surface area contributed by atoms with Gasteiger partial charge in [0.15, 0.2) is 0 Å². The maximum atomic E-state index is 11.4. The van der Waals surface area contributed by atoms with Crippen LogP contribution in [0.3, 0.4) is 0 Å². The van der Waals surface area contributed by atoms with Crippen LogP contribution < -0.4 is 10.9 Å². The molecular formula is C9H9N3O3. The summed E-state index contributed by atoms with van der Waals surface area (Å²) in [7, 11) is 0. The minimum Gasteiger partial charge on any atom is -0.295 e. The first kappa shape index (κ1) is 9.57. The number of hydrogen-bond donors (Lipinski definition) is 1. The van der Waals surface area contributed by atoms with Crippen molar-refractivity contribution in [2.45, 2.75) is 18.9 Å². The van der Waals surface area contributed by atoms with Gasteiger partial charge in [0.25, 0.3) is 5.56 Å². The second-order valence-corrected chi connectivity index (χ2v) is 3.29. The molecule has 1 aromatic rings. The van der Waals surface area contributed by atoms with E-state index in [0.717, 1.165) is 0 Å². The normalized spacial score (nSPS) is 21.2. The number of piperidine rings is 1. The summed E-state index contributed by atoms with van der Waals surface area (Å²) >= 11 is 0. The minimum atomic E-state index is -0.621. The molecule has 1 aliphatic rings. The number of rotatable bonds is 1. The molecule has 0 aliphatic carbocycles. The molecule has 6 nitrogen and oxygen atoms in total. The minimum absolute atomic E-state index is 0.248. The Balaban J connectivity index is 2.32. The molecule has 1 atom stereocenters. The molecule has 1 N–H and O–H groups in total. The lowest BCUT2D eigenvalue weighted by atomic mass is 10.1. The van der Waals surface area contributed by atoms with E-state index in [1.807, 2.05) is 0 Å². The Labute approximate surface area is 84.9 Å². The Morgan fingerprint density at radius 1 is 1.40 bits per heavy atom. The van der Waals surface area contributed by atoms with Gasteiger partial charge in [-0.05, 0) is 6.42 Å². The zero-order valence-corrected chi connectivity index (χ0v) is 7.84. The van der Waals surface area contributed by atoms with Crippen molar-refractivity contribution >= 4 is 11.8 Å². The van der Waals surface area contributed by atoms with Crippen molar-refractivity contribution in [1.29, 1.82) is 0 Å². The number of carbonyl (C=O) groups is 2. The monoisotopic (exact) mass is 207 g/mol. The van der Waals surface area contributed by atoms with Gasteiger partial charge >= 0.3 is 0 Å². The second-order valence-electron chi connectivity index (χ2n) is 3.29. The van der Waals surface area contributed by atoms with Gasteiger partial charge in [0.1, 0.15) is 6.04 Å². The van der Waals surface area contributed by atoms with Crippen LogP contribution in [0.5, 0.6) is 0 Å². The lowest BCUT2D eigenvalue weighted by Gasteiger charge is -2.21. The number of aromatic nitrogens is 2. The topological polar surface area (TPSA) is 81.1 Å². The summed E-state index contributed by atoms with van der Waals surface area (Å²) in [6.07, 6.45) is 3.26. The van der Waals surface area contributed by atoms with Crippen LogP contribution in [0, 0.1) is 0 Å². The maximum absolute atomic E-state index is 11.4. The Hall–Kier alpha value is -1.98. The molecule has 78 valence electrons. The van der Waals surface area contributed by atoms with E-state index in [1.54, 1.807) is 0 Å². The van der Waals surface area contributed by atoms with Gasteiger partial charge in [-0.25, -0.2) is 4.98 Å². The summed E-state index contributed by atoms with van der Waals surface area (Å²) < 4.78 is 1.24. The summed E-state index contributed by atoms with van der Waals surface area (Å²) in [5.74, 6) is -0.741. The number of imide groups is 1. The van der Waals surface area contributed by atoms with E-state index in [0.29, 0.717) is 6.42 Å². The summed E-state index contributed by atoms with van der Waals surface area (Å²) in [5.41, 5.74) is -0.292. The lowest BCUT2D eigenvalue weighted by Crippen LogP contribution is -2.44. The average Bonchev–Trinajstić information content (AvgIpc) is 2.20. The van der Waals surface area contributed by atoms with E-state index >= 15 is 0 Å². The molecule has 2 amide bonds. The fourth-order valence-electron chi connectivity index (χ4n) is 1.54. The van der Waals surface area contributed by atoms with E-state index in [9.17, 15) is 14.4 Å². The van der Waals surface area contributed by atoms with Crippen molar-refractivity contribution in [3.63, 3.8) is 0 Å². The van der Waals surface area contributed by atoms with Crippen LogP contribution in [0.1, 0.15) is 18.9 Å². The SMILES string of the molecule is O=C1CCC(n2cnccc2=O)C(=O)N1. The smallest absolute Gasteiger partial charge is 0.253 e. The Morgan fingerprint density at radius 3 is 2.87 bits per heavy atom. The maximum Gasteiger partial charge on any atom is 0.253 e. The van der Waals surface area contributed by atoms with Crippen LogP contribution in [0.4, 0.5) is 0 Å². The molecule has 15 heavy (non-hydrogen) atoms. The molecule has 1 aromatic heterocycles. The number of nitrogens with one attached hydrogen (secondary N) is 1. The molecule has 0 spiro atoms. The number of amides is 2. The van der Waals surface area contributed by atoms with Crippen molar-refractivity contribution in [1.82, 2.24) is 14.9 Å². The molecular weight excluding hydrogens is 198 g/mol. The highest BCUT2D eigenvalue weighted by atomic mass is 16.2. The van der Waals surface area contributed by atoms with Gasteiger partial charge in [-0.15, -0.1) is 0 Å². The summed E-state index contributed by atoms with van der Waals surface area (Å²) in [6.45, 7) is 0. The van der Waals surface area contributed by atoms with Crippen LogP contribution in [0.15, 0.2) is 23.4 Å². The molecule has 0 radical (unpaired) electrons. The second kappa shape index (κ2) is 3.64. The molecule has 1 fully saturated rings. The van der Waals surface area contributed by atoms with Crippen LogP contribution >= 0.6 is 0 Å². The van der Waals surface area contributed by atoms with Crippen LogP contribution in [-0.2, 0) is 9.59 Å². The molecule has 2 heterocycles. The van der Waals surface area contributed by atoms with Crippen molar-refractivity contribution in [3.8, 4) is 0 Å². The quantitative estimate of drug-likeness (QED) is 0.612. The first-order valence-corrected chi connectivity index (χ1v) is 4.54. The van der Waals surface area contributed by atoms with Crippen molar-refractivity contribution in [2.75, 3.05) is 0 Å². The van der Waals surface area contributed by atoms with Gasteiger partial charge in [0.05, 0.1) is 6.33 Å². The van der Waals surface area contributed by atoms with E-state index < -0.39 is 11.9 Å². The van der Waals surface area contributed by atoms with Crippen LogP contribution in [0.2, 0.25) is 0 Å².